The molecular formula is C30H38O3. The van der Waals surface area contributed by atoms with Gasteiger partial charge in [0.1, 0.15) is 28.7 Å². The molecule has 0 heterocycles. The number of aromatic hydroxyl groups is 1. The Morgan fingerprint density at radius 2 is 0.636 bits per heavy atom. The molecule has 0 aliphatic rings. The van der Waals surface area contributed by atoms with Crippen LogP contribution in [0.5, 0.6) is 28.7 Å². The van der Waals surface area contributed by atoms with Crippen molar-refractivity contribution in [1.82, 2.24) is 0 Å². The van der Waals surface area contributed by atoms with Crippen LogP contribution in [0, 0.1) is 83.1 Å². The minimum Gasteiger partial charge on any atom is -0.507 e. The molecule has 3 heteroatoms. The van der Waals surface area contributed by atoms with Gasteiger partial charge in [0, 0.05) is 0 Å². The Balaban J connectivity index is 2.17. The lowest BCUT2D eigenvalue weighted by atomic mass is 9.96. The predicted molar refractivity (Wildman–Crippen MR) is 138 cm³/mol. The first-order chi connectivity index (χ1) is 15.3. The standard InChI is InChI=1S/C30H38O3/c1-14-13-15(2)17(4)27(16(14)3)32-29-22(9)24(11)30(25(12)23(29)10)33-28-20(7)18(5)26(31)19(6)21(28)8/h13,31H,1-12H3. The molecule has 3 aromatic rings. The molecule has 33 heavy (non-hydrogen) atoms. The zero-order valence-electron chi connectivity index (χ0n) is 22.3. The van der Waals surface area contributed by atoms with Crippen LogP contribution in [-0.4, -0.2) is 5.11 Å². The minimum absolute atomic E-state index is 0.348. The third-order valence-corrected chi connectivity index (χ3v) is 7.71. The summed E-state index contributed by atoms with van der Waals surface area (Å²) in [7, 11) is 0. The largest absolute Gasteiger partial charge is 0.507 e. The molecule has 0 aliphatic heterocycles. The van der Waals surface area contributed by atoms with Gasteiger partial charge in [-0.3, -0.25) is 0 Å². The van der Waals surface area contributed by atoms with Crippen molar-refractivity contribution < 1.29 is 14.6 Å². The Labute approximate surface area is 199 Å². The van der Waals surface area contributed by atoms with Crippen LogP contribution < -0.4 is 9.47 Å². The first-order valence-electron chi connectivity index (χ1n) is 11.6. The van der Waals surface area contributed by atoms with Gasteiger partial charge in [0.2, 0.25) is 0 Å². The molecule has 1 N–H and O–H groups in total. The molecule has 0 unspecified atom stereocenters. The fourth-order valence-corrected chi connectivity index (χ4v) is 4.50. The van der Waals surface area contributed by atoms with Crippen LogP contribution in [0.4, 0.5) is 0 Å². The van der Waals surface area contributed by atoms with Crippen molar-refractivity contribution in [2.24, 2.45) is 0 Å². The Hall–Kier alpha value is -2.94. The zero-order chi connectivity index (χ0) is 24.9. The van der Waals surface area contributed by atoms with Gasteiger partial charge >= 0.3 is 0 Å². The summed E-state index contributed by atoms with van der Waals surface area (Å²) in [5.41, 5.74) is 12.8. The molecule has 0 aliphatic carbocycles. The van der Waals surface area contributed by atoms with E-state index in [0.29, 0.717) is 5.75 Å². The molecule has 0 spiro atoms. The smallest absolute Gasteiger partial charge is 0.134 e. The van der Waals surface area contributed by atoms with Gasteiger partial charge in [0.15, 0.2) is 0 Å². The van der Waals surface area contributed by atoms with E-state index in [1.165, 1.54) is 22.3 Å². The third-order valence-electron chi connectivity index (χ3n) is 7.71. The summed E-state index contributed by atoms with van der Waals surface area (Å²) in [6, 6.07) is 2.22. The quantitative estimate of drug-likeness (QED) is 0.435. The number of hydrogen-bond donors (Lipinski definition) is 1. The van der Waals surface area contributed by atoms with Crippen LogP contribution in [-0.2, 0) is 0 Å². The van der Waals surface area contributed by atoms with Gasteiger partial charge in [0.25, 0.3) is 0 Å². The van der Waals surface area contributed by atoms with E-state index < -0.39 is 0 Å². The van der Waals surface area contributed by atoms with Gasteiger partial charge in [-0.05, 0) is 150 Å². The van der Waals surface area contributed by atoms with Crippen LogP contribution in [0.2, 0.25) is 0 Å². The van der Waals surface area contributed by atoms with Crippen LogP contribution in [0.1, 0.15) is 66.8 Å². The molecule has 0 amide bonds. The van der Waals surface area contributed by atoms with Gasteiger partial charge in [-0.1, -0.05) is 6.07 Å². The maximum atomic E-state index is 10.4. The molecule has 0 fully saturated rings. The monoisotopic (exact) mass is 446 g/mol. The highest BCUT2D eigenvalue weighted by Gasteiger charge is 2.23. The fourth-order valence-electron chi connectivity index (χ4n) is 4.50. The maximum Gasteiger partial charge on any atom is 0.134 e. The average molecular weight is 447 g/mol. The summed E-state index contributed by atoms with van der Waals surface area (Å²) < 4.78 is 13.2. The number of phenols is 1. The number of aryl methyl sites for hydroxylation is 2. The number of ether oxygens (including phenoxy) is 2. The van der Waals surface area contributed by atoms with E-state index in [1.54, 1.807) is 0 Å². The van der Waals surface area contributed by atoms with Crippen LogP contribution in [0.25, 0.3) is 0 Å². The predicted octanol–water partition coefficient (Wildman–Crippen LogP) is 8.68. The normalized spacial score (nSPS) is 11.2. The van der Waals surface area contributed by atoms with Crippen LogP contribution in [0.3, 0.4) is 0 Å². The highest BCUT2D eigenvalue weighted by atomic mass is 16.5. The number of phenolic OH excluding ortho intramolecular Hbond substituents is 1. The van der Waals surface area contributed by atoms with E-state index in [2.05, 4.69) is 61.5 Å². The van der Waals surface area contributed by atoms with E-state index in [0.717, 1.165) is 67.5 Å². The molecule has 0 aromatic heterocycles. The second-order valence-corrected chi connectivity index (χ2v) is 9.63. The summed E-state index contributed by atoms with van der Waals surface area (Å²) in [6.45, 7) is 24.8. The fraction of sp³-hybridized carbons (Fsp3) is 0.400. The van der Waals surface area contributed by atoms with E-state index in [9.17, 15) is 5.11 Å². The van der Waals surface area contributed by atoms with Gasteiger partial charge < -0.3 is 14.6 Å². The van der Waals surface area contributed by atoms with Crippen molar-refractivity contribution in [3.05, 3.63) is 72.8 Å². The van der Waals surface area contributed by atoms with E-state index >= 15 is 0 Å². The van der Waals surface area contributed by atoms with Crippen molar-refractivity contribution in [2.75, 3.05) is 0 Å². The summed E-state index contributed by atoms with van der Waals surface area (Å²) in [5, 5.41) is 10.4. The number of benzene rings is 3. The lowest BCUT2D eigenvalue weighted by Gasteiger charge is -2.24. The molecule has 3 rings (SSSR count). The lowest BCUT2D eigenvalue weighted by molar-refractivity contribution is 0.441. The first kappa shape index (κ1) is 24.7. The lowest BCUT2D eigenvalue weighted by Crippen LogP contribution is -2.05. The SMILES string of the molecule is Cc1cc(C)c(C)c(Oc2c(C)c(C)c(Oc3c(C)c(C)c(O)c(C)c3C)c(C)c2C)c1C. The molecule has 0 radical (unpaired) electrons. The summed E-state index contributed by atoms with van der Waals surface area (Å²) >= 11 is 0. The van der Waals surface area contributed by atoms with Crippen LogP contribution >= 0.6 is 0 Å². The molecule has 0 saturated carbocycles. The van der Waals surface area contributed by atoms with Gasteiger partial charge in [0.05, 0.1) is 0 Å². The molecular weight excluding hydrogens is 408 g/mol. The third kappa shape index (κ3) is 3.99. The van der Waals surface area contributed by atoms with E-state index in [-0.39, 0.29) is 0 Å². The molecule has 3 nitrogen and oxygen atoms in total. The minimum atomic E-state index is 0.348. The number of hydrogen-bond acceptors (Lipinski definition) is 3. The summed E-state index contributed by atoms with van der Waals surface area (Å²) in [5.74, 6) is 3.88. The Morgan fingerprint density at radius 1 is 0.394 bits per heavy atom. The second kappa shape index (κ2) is 8.78. The van der Waals surface area contributed by atoms with Crippen molar-refractivity contribution in [3.8, 4) is 28.7 Å². The highest BCUT2D eigenvalue weighted by molar-refractivity contribution is 5.63. The van der Waals surface area contributed by atoms with Gasteiger partial charge in [-0.15, -0.1) is 0 Å². The van der Waals surface area contributed by atoms with Crippen molar-refractivity contribution in [2.45, 2.75) is 83.1 Å². The summed E-state index contributed by atoms with van der Waals surface area (Å²) in [4.78, 5) is 0. The Bertz CT molecular complexity index is 1190. The van der Waals surface area contributed by atoms with E-state index in [1.807, 2.05) is 27.7 Å². The van der Waals surface area contributed by atoms with Gasteiger partial charge in [-0.2, -0.15) is 0 Å². The van der Waals surface area contributed by atoms with Crippen molar-refractivity contribution >= 4 is 0 Å². The molecule has 0 saturated heterocycles. The Morgan fingerprint density at radius 3 is 0.939 bits per heavy atom. The molecule has 176 valence electrons. The maximum absolute atomic E-state index is 10.4. The topological polar surface area (TPSA) is 38.7 Å². The molecule has 0 bridgehead atoms. The van der Waals surface area contributed by atoms with Crippen LogP contribution in [0.15, 0.2) is 6.07 Å². The van der Waals surface area contributed by atoms with E-state index in [4.69, 9.17) is 9.47 Å². The van der Waals surface area contributed by atoms with Gasteiger partial charge in [-0.25, -0.2) is 0 Å². The van der Waals surface area contributed by atoms with Crippen molar-refractivity contribution in [3.63, 3.8) is 0 Å². The Kier molecular flexibility index (Phi) is 6.57. The number of rotatable bonds is 4. The second-order valence-electron chi connectivity index (χ2n) is 9.63. The average Bonchev–Trinajstić information content (AvgIpc) is 2.78. The zero-order valence-corrected chi connectivity index (χ0v) is 22.3. The molecule has 0 atom stereocenters. The summed E-state index contributed by atoms with van der Waals surface area (Å²) in [6.07, 6.45) is 0. The highest BCUT2D eigenvalue weighted by Crippen LogP contribution is 2.45. The first-order valence-corrected chi connectivity index (χ1v) is 11.6. The molecule has 3 aromatic carbocycles. The van der Waals surface area contributed by atoms with Crippen molar-refractivity contribution in [1.29, 1.82) is 0 Å².